The second kappa shape index (κ2) is 5.50. The summed E-state index contributed by atoms with van der Waals surface area (Å²) in [5, 5.41) is -3.59. The summed E-state index contributed by atoms with van der Waals surface area (Å²) in [5.74, 6) is -0.459. The lowest BCUT2D eigenvalue weighted by Gasteiger charge is -2.16. The van der Waals surface area contributed by atoms with Crippen molar-refractivity contribution in [3.63, 3.8) is 0 Å². The molecule has 102 valence electrons. The topological polar surface area (TPSA) is 60.2 Å². The molecule has 0 aliphatic carbocycles. The van der Waals surface area contributed by atoms with E-state index < -0.39 is 33.4 Å². The van der Waals surface area contributed by atoms with Gasteiger partial charge in [-0.1, -0.05) is 17.7 Å². The minimum Gasteiger partial charge on any atom is -0.322 e. The van der Waals surface area contributed by atoms with Crippen molar-refractivity contribution in [2.45, 2.75) is 29.7 Å². The van der Waals surface area contributed by atoms with Crippen LogP contribution < -0.4 is 5.73 Å². The van der Waals surface area contributed by atoms with Crippen LogP contribution in [0, 0.1) is 6.92 Å². The van der Waals surface area contributed by atoms with E-state index >= 15 is 0 Å². The fourth-order valence-electron chi connectivity index (χ4n) is 1.31. The smallest absolute Gasteiger partial charge is 0.322 e. The van der Waals surface area contributed by atoms with E-state index in [1.165, 1.54) is 12.1 Å². The zero-order chi connectivity index (χ0) is 14.0. The maximum absolute atomic E-state index is 12.6. The molecule has 0 saturated heterocycles. The second-order valence-electron chi connectivity index (χ2n) is 4.07. The standard InChI is InChI=1S/C11H14ClF2NO2S/c1-8-2-4-9(5-3-8)18(16,17)7-6-10(15)11(12,13)14/h2-5,10H,6-7,15H2,1H3/t10-/m1/s1. The third-order valence-electron chi connectivity index (χ3n) is 2.50. The van der Waals surface area contributed by atoms with Gasteiger partial charge in [0, 0.05) is 0 Å². The molecule has 0 amide bonds. The molecular weight excluding hydrogens is 284 g/mol. The van der Waals surface area contributed by atoms with Crippen molar-refractivity contribution in [3.8, 4) is 0 Å². The van der Waals surface area contributed by atoms with E-state index in [-0.39, 0.29) is 4.90 Å². The monoisotopic (exact) mass is 297 g/mol. The number of nitrogens with two attached hydrogens (primary N) is 1. The minimum atomic E-state index is -3.60. The number of hydrogen-bond acceptors (Lipinski definition) is 3. The van der Waals surface area contributed by atoms with Crippen LogP contribution in [0.4, 0.5) is 8.78 Å². The summed E-state index contributed by atoms with van der Waals surface area (Å²) >= 11 is 4.73. The van der Waals surface area contributed by atoms with E-state index in [0.29, 0.717) is 0 Å². The van der Waals surface area contributed by atoms with Crippen molar-refractivity contribution >= 4 is 21.4 Å². The third kappa shape index (κ3) is 4.19. The quantitative estimate of drug-likeness (QED) is 0.849. The van der Waals surface area contributed by atoms with Crippen molar-refractivity contribution in [2.24, 2.45) is 5.73 Å². The van der Waals surface area contributed by atoms with E-state index in [2.05, 4.69) is 0 Å². The van der Waals surface area contributed by atoms with Crippen LogP contribution in [-0.2, 0) is 9.84 Å². The van der Waals surface area contributed by atoms with E-state index in [1.807, 2.05) is 6.92 Å². The molecule has 2 N–H and O–H groups in total. The van der Waals surface area contributed by atoms with E-state index in [4.69, 9.17) is 17.3 Å². The number of rotatable bonds is 5. The van der Waals surface area contributed by atoms with Gasteiger partial charge in [0.1, 0.15) is 0 Å². The highest BCUT2D eigenvalue weighted by Gasteiger charge is 2.34. The molecule has 1 atom stereocenters. The van der Waals surface area contributed by atoms with Crippen molar-refractivity contribution < 1.29 is 17.2 Å². The van der Waals surface area contributed by atoms with Gasteiger partial charge >= 0.3 is 5.38 Å². The van der Waals surface area contributed by atoms with Gasteiger partial charge in [0.25, 0.3) is 0 Å². The van der Waals surface area contributed by atoms with Crippen LogP contribution in [-0.4, -0.2) is 25.6 Å². The van der Waals surface area contributed by atoms with Gasteiger partial charge in [-0.25, -0.2) is 8.42 Å². The van der Waals surface area contributed by atoms with Crippen LogP contribution in [0.5, 0.6) is 0 Å². The maximum atomic E-state index is 12.6. The molecule has 0 heterocycles. The van der Waals surface area contributed by atoms with Crippen molar-refractivity contribution in [1.29, 1.82) is 0 Å². The summed E-state index contributed by atoms with van der Waals surface area (Å²) in [5.41, 5.74) is 6.03. The summed E-state index contributed by atoms with van der Waals surface area (Å²) in [6.45, 7) is 1.82. The van der Waals surface area contributed by atoms with Crippen molar-refractivity contribution in [3.05, 3.63) is 29.8 Å². The van der Waals surface area contributed by atoms with Gasteiger partial charge in [0.05, 0.1) is 16.7 Å². The zero-order valence-electron chi connectivity index (χ0n) is 9.74. The van der Waals surface area contributed by atoms with Crippen LogP contribution >= 0.6 is 11.6 Å². The maximum Gasteiger partial charge on any atom is 0.336 e. The molecule has 7 heteroatoms. The Morgan fingerprint density at radius 3 is 2.28 bits per heavy atom. The van der Waals surface area contributed by atoms with Crippen LogP contribution in [0.2, 0.25) is 0 Å². The first-order valence-corrected chi connectivity index (χ1v) is 7.27. The van der Waals surface area contributed by atoms with Crippen LogP contribution in [0.3, 0.4) is 0 Å². The van der Waals surface area contributed by atoms with Crippen molar-refractivity contribution in [1.82, 2.24) is 0 Å². The first-order valence-electron chi connectivity index (χ1n) is 5.24. The molecule has 0 bridgehead atoms. The number of halogens is 3. The average Bonchev–Trinajstić information content (AvgIpc) is 2.25. The Balaban J connectivity index is 2.75. The lowest BCUT2D eigenvalue weighted by molar-refractivity contribution is 0.0646. The lowest BCUT2D eigenvalue weighted by atomic mass is 10.2. The molecule has 18 heavy (non-hydrogen) atoms. The molecule has 3 nitrogen and oxygen atoms in total. The largest absolute Gasteiger partial charge is 0.336 e. The molecule has 0 radical (unpaired) electrons. The van der Waals surface area contributed by atoms with E-state index in [1.54, 1.807) is 12.1 Å². The van der Waals surface area contributed by atoms with Gasteiger partial charge in [0.15, 0.2) is 9.84 Å². The molecule has 0 fully saturated rings. The highest BCUT2D eigenvalue weighted by molar-refractivity contribution is 7.91. The molecule has 0 unspecified atom stereocenters. The first kappa shape index (κ1) is 15.3. The van der Waals surface area contributed by atoms with Crippen LogP contribution in [0.25, 0.3) is 0 Å². The summed E-state index contributed by atoms with van der Waals surface area (Å²) in [7, 11) is -3.60. The van der Waals surface area contributed by atoms with E-state index in [0.717, 1.165) is 5.56 Å². The Morgan fingerprint density at radius 1 is 1.33 bits per heavy atom. The van der Waals surface area contributed by atoms with Gasteiger partial charge in [-0.05, 0) is 37.1 Å². The Labute approximate surface area is 110 Å². The zero-order valence-corrected chi connectivity index (χ0v) is 11.3. The number of alkyl halides is 3. The molecule has 0 aliphatic rings. The molecule has 1 aromatic carbocycles. The molecular formula is C11H14ClF2NO2S. The van der Waals surface area contributed by atoms with Gasteiger partial charge in [-0.3, -0.25) is 0 Å². The summed E-state index contributed by atoms with van der Waals surface area (Å²) in [6, 6.07) is 4.48. The normalized spacial score (nSPS) is 14.5. The average molecular weight is 298 g/mol. The molecule has 0 saturated carbocycles. The van der Waals surface area contributed by atoms with Crippen molar-refractivity contribution in [2.75, 3.05) is 5.75 Å². The Morgan fingerprint density at radius 2 is 1.83 bits per heavy atom. The van der Waals surface area contributed by atoms with Crippen LogP contribution in [0.15, 0.2) is 29.2 Å². The highest BCUT2D eigenvalue weighted by Crippen LogP contribution is 2.25. The third-order valence-corrected chi connectivity index (χ3v) is 4.54. The van der Waals surface area contributed by atoms with Gasteiger partial charge in [0.2, 0.25) is 0 Å². The molecule has 0 spiro atoms. The van der Waals surface area contributed by atoms with Gasteiger partial charge in [-0.15, -0.1) is 0 Å². The fraction of sp³-hybridized carbons (Fsp3) is 0.455. The fourth-order valence-corrected chi connectivity index (χ4v) is 2.77. The molecule has 0 aromatic heterocycles. The summed E-state index contributed by atoms with van der Waals surface area (Å²) in [4.78, 5) is 0.0955. The molecule has 1 aromatic rings. The summed E-state index contributed by atoms with van der Waals surface area (Å²) < 4.78 is 48.8. The predicted molar refractivity (Wildman–Crippen MR) is 66.6 cm³/mol. The highest BCUT2D eigenvalue weighted by atomic mass is 35.5. The van der Waals surface area contributed by atoms with Gasteiger partial charge < -0.3 is 5.73 Å². The number of hydrogen-bond donors (Lipinski definition) is 1. The minimum absolute atomic E-state index is 0.0955. The number of aryl methyl sites for hydroxylation is 1. The predicted octanol–water partition coefficient (Wildman–Crippen LogP) is 2.32. The number of benzene rings is 1. The molecule has 0 aliphatic heterocycles. The second-order valence-corrected chi connectivity index (χ2v) is 6.68. The first-order chi connectivity index (χ1) is 8.13. The summed E-state index contributed by atoms with van der Waals surface area (Å²) in [6.07, 6.45) is -0.396. The number of sulfone groups is 1. The van der Waals surface area contributed by atoms with Gasteiger partial charge in [-0.2, -0.15) is 8.78 Å². The lowest BCUT2D eigenvalue weighted by Crippen LogP contribution is -2.37. The Hall–Kier alpha value is -0.720. The van der Waals surface area contributed by atoms with E-state index in [9.17, 15) is 17.2 Å². The Bertz CT molecular complexity index is 497. The Kier molecular flexibility index (Phi) is 4.69. The SMILES string of the molecule is Cc1ccc(S(=O)(=O)CC[C@@H](N)C(F)(F)Cl)cc1. The molecule has 1 rings (SSSR count). The van der Waals surface area contributed by atoms with Crippen LogP contribution in [0.1, 0.15) is 12.0 Å².